The summed E-state index contributed by atoms with van der Waals surface area (Å²) in [5.41, 5.74) is 5.18. The minimum atomic E-state index is -2.95. The zero-order valence-electron chi connectivity index (χ0n) is 5.73. The Labute approximate surface area is 64.1 Å². The lowest BCUT2D eigenvalue weighted by molar-refractivity contribution is -0.139. The maximum atomic E-state index is 10.6. The number of aliphatic carboxylic acids is 1. The van der Waals surface area contributed by atoms with Crippen molar-refractivity contribution in [2.75, 3.05) is 11.5 Å². The summed E-state index contributed by atoms with van der Waals surface area (Å²) in [5, 5.41) is 8.37. The lowest BCUT2D eigenvalue weighted by Crippen LogP contribution is -2.51. The van der Waals surface area contributed by atoms with Gasteiger partial charge in [-0.25, -0.2) is 8.42 Å². The van der Waals surface area contributed by atoms with Gasteiger partial charge in [-0.3, -0.25) is 4.79 Å². The Hall–Kier alpha value is -0.620. The summed E-state index contributed by atoms with van der Waals surface area (Å²) in [6.45, 7) is 0. The fourth-order valence-corrected chi connectivity index (χ4v) is 2.63. The third-order valence-corrected chi connectivity index (χ3v) is 3.60. The number of sulfone groups is 1. The zero-order chi connectivity index (χ0) is 8.65. The molecule has 0 amide bonds. The van der Waals surface area contributed by atoms with Crippen molar-refractivity contribution >= 4 is 15.8 Å². The van der Waals surface area contributed by atoms with Crippen molar-refractivity contribution in [1.82, 2.24) is 0 Å². The van der Waals surface area contributed by atoms with Gasteiger partial charge in [-0.1, -0.05) is 0 Å². The Morgan fingerprint density at radius 1 is 1.55 bits per heavy atom. The third-order valence-electron chi connectivity index (χ3n) is 1.73. The average Bonchev–Trinajstić information content (AvgIpc) is 1.80. The van der Waals surface area contributed by atoms with Crippen LogP contribution in [0.25, 0.3) is 0 Å². The predicted octanol–water partition coefficient (Wildman–Crippen LogP) is -1.56. The van der Waals surface area contributed by atoms with E-state index in [4.69, 9.17) is 10.8 Å². The van der Waals surface area contributed by atoms with Gasteiger partial charge in [0.05, 0.1) is 11.5 Å². The fourth-order valence-electron chi connectivity index (χ4n) is 1.01. The van der Waals surface area contributed by atoms with Crippen molar-refractivity contribution in [3.8, 4) is 0 Å². The fraction of sp³-hybridized carbons (Fsp3) is 0.800. The van der Waals surface area contributed by atoms with Crippen molar-refractivity contribution in [2.45, 2.75) is 6.04 Å². The molecule has 3 N–H and O–H groups in total. The van der Waals surface area contributed by atoms with Crippen molar-refractivity contribution < 1.29 is 18.3 Å². The van der Waals surface area contributed by atoms with Crippen LogP contribution in [-0.2, 0) is 14.6 Å². The van der Waals surface area contributed by atoms with Crippen LogP contribution in [-0.4, -0.2) is 37.0 Å². The Bertz CT molecular complexity index is 258. The van der Waals surface area contributed by atoms with Gasteiger partial charge in [0.25, 0.3) is 0 Å². The standard InChI is InChI=1S/C5H9NO4S/c6-4(5(7)8)3-1-11(9,10)2-3/h3-4H,1-2,6H2,(H,7,8). The van der Waals surface area contributed by atoms with Crippen molar-refractivity contribution in [2.24, 2.45) is 11.7 Å². The second kappa shape index (κ2) is 2.46. The number of nitrogens with two attached hydrogens (primary N) is 1. The molecule has 1 heterocycles. The van der Waals surface area contributed by atoms with Gasteiger partial charge in [-0.2, -0.15) is 0 Å². The molecule has 0 aromatic carbocycles. The van der Waals surface area contributed by atoms with Crippen LogP contribution in [0.15, 0.2) is 0 Å². The van der Waals surface area contributed by atoms with Crippen molar-refractivity contribution in [3.05, 3.63) is 0 Å². The number of carboxylic acids is 1. The van der Waals surface area contributed by atoms with Crippen molar-refractivity contribution in [1.29, 1.82) is 0 Å². The second-order valence-corrected chi connectivity index (χ2v) is 4.85. The molecule has 0 saturated carbocycles. The summed E-state index contributed by atoms with van der Waals surface area (Å²) in [4.78, 5) is 10.2. The molecule has 0 bridgehead atoms. The monoisotopic (exact) mass is 179 g/mol. The largest absolute Gasteiger partial charge is 0.480 e. The summed E-state index contributed by atoms with van der Waals surface area (Å²) in [5.74, 6) is -1.69. The third kappa shape index (κ3) is 1.69. The van der Waals surface area contributed by atoms with Crippen LogP contribution in [0.4, 0.5) is 0 Å². The molecule has 1 unspecified atom stereocenters. The lowest BCUT2D eigenvalue weighted by Gasteiger charge is -2.28. The molecule has 0 aliphatic carbocycles. The van der Waals surface area contributed by atoms with E-state index in [0.29, 0.717) is 0 Å². The summed E-state index contributed by atoms with van der Waals surface area (Å²) in [7, 11) is -2.95. The molecule has 1 fully saturated rings. The Balaban J connectivity index is 2.51. The topological polar surface area (TPSA) is 97.5 Å². The Kier molecular flexibility index (Phi) is 1.89. The van der Waals surface area contributed by atoms with Crippen LogP contribution in [0.2, 0.25) is 0 Å². The predicted molar refractivity (Wildman–Crippen MR) is 37.8 cm³/mol. The highest BCUT2D eigenvalue weighted by molar-refractivity contribution is 7.92. The summed E-state index contributed by atoms with van der Waals surface area (Å²) in [6.07, 6.45) is 0. The molecule has 1 aliphatic rings. The van der Waals surface area contributed by atoms with Gasteiger partial charge < -0.3 is 10.8 Å². The van der Waals surface area contributed by atoms with E-state index in [0.717, 1.165) is 0 Å². The molecule has 11 heavy (non-hydrogen) atoms. The van der Waals surface area contributed by atoms with Crippen LogP contribution in [0.1, 0.15) is 0 Å². The second-order valence-electron chi connectivity index (χ2n) is 2.70. The highest BCUT2D eigenvalue weighted by Gasteiger charge is 2.40. The van der Waals surface area contributed by atoms with E-state index in [1.807, 2.05) is 0 Å². The minimum absolute atomic E-state index is 0.0829. The number of hydrogen-bond donors (Lipinski definition) is 2. The van der Waals surface area contributed by atoms with E-state index >= 15 is 0 Å². The molecule has 64 valence electrons. The minimum Gasteiger partial charge on any atom is -0.480 e. The van der Waals surface area contributed by atoms with E-state index in [-0.39, 0.29) is 11.5 Å². The highest BCUT2D eigenvalue weighted by atomic mass is 32.2. The molecule has 1 aliphatic heterocycles. The smallest absolute Gasteiger partial charge is 0.320 e. The zero-order valence-corrected chi connectivity index (χ0v) is 6.54. The van der Waals surface area contributed by atoms with Gasteiger partial charge in [-0.15, -0.1) is 0 Å². The van der Waals surface area contributed by atoms with E-state index in [2.05, 4.69) is 0 Å². The average molecular weight is 179 g/mol. The lowest BCUT2D eigenvalue weighted by atomic mass is 10.1. The van der Waals surface area contributed by atoms with Crippen LogP contribution >= 0.6 is 0 Å². The molecular weight excluding hydrogens is 170 g/mol. The molecule has 0 spiro atoms. The number of rotatable bonds is 2. The van der Waals surface area contributed by atoms with Gasteiger partial charge in [0.1, 0.15) is 6.04 Å². The van der Waals surface area contributed by atoms with Crippen LogP contribution < -0.4 is 5.73 Å². The summed E-state index contributed by atoms with van der Waals surface area (Å²) < 4.78 is 21.2. The molecule has 1 atom stereocenters. The summed E-state index contributed by atoms with van der Waals surface area (Å²) in [6, 6.07) is -1.03. The Morgan fingerprint density at radius 2 is 2.00 bits per heavy atom. The molecule has 0 aromatic rings. The van der Waals surface area contributed by atoms with E-state index in [9.17, 15) is 13.2 Å². The molecule has 1 rings (SSSR count). The quantitative estimate of drug-likeness (QED) is 0.534. The van der Waals surface area contributed by atoms with Gasteiger partial charge in [-0.05, 0) is 0 Å². The van der Waals surface area contributed by atoms with Crippen LogP contribution in [0.5, 0.6) is 0 Å². The first-order valence-corrected chi connectivity index (χ1v) is 4.93. The Morgan fingerprint density at radius 3 is 2.27 bits per heavy atom. The first kappa shape index (κ1) is 8.48. The molecule has 6 heteroatoms. The molecule has 0 radical (unpaired) electrons. The maximum absolute atomic E-state index is 10.6. The number of carboxylic acid groups (broad SMARTS) is 1. The maximum Gasteiger partial charge on any atom is 0.320 e. The number of hydrogen-bond acceptors (Lipinski definition) is 4. The van der Waals surface area contributed by atoms with Gasteiger partial charge in [0, 0.05) is 5.92 Å². The summed E-state index contributed by atoms with van der Waals surface area (Å²) >= 11 is 0. The normalized spacial score (nSPS) is 25.5. The number of carbonyl (C=O) groups is 1. The van der Waals surface area contributed by atoms with Gasteiger partial charge >= 0.3 is 5.97 Å². The molecule has 0 aromatic heterocycles. The van der Waals surface area contributed by atoms with Crippen LogP contribution in [0.3, 0.4) is 0 Å². The molecular formula is C5H9NO4S. The highest BCUT2D eigenvalue weighted by Crippen LogP contribution is 2.20. The van der Waals surface area contributed by atoms with Crippen LogP contribution in [0, 0.1) is 5.92 Å². The van der Waals surface area contributed by atoms with E-state index in [1.165, 1.54) is 0 Å². The first-order chi connectivity index (χ1) is 4.92. The van der Waals surface area contributed by atoms with Gasteiger partial charge in [0.2, 0.25) is 0 Å². The van der Waals surface area contributed by atoms with E-state index in [1.54, 1.807) is 0 Å². The van der Waals surface area contributed by atoms with E-state index < -0.39 is 27.8 Å². The SMILES string of the molecule is NC(C(=O)O)C1CS(=O)(=O)C1. The van der Waals surface area contributed by atoms with Crippen molar-refractivity contribution in [3.63, 3.8) is 0 Å². The molecule has 5 nitrogen and oxygen atoms in total. The molecule has 1 saturated heterocycles. The van der Waals surface area contributed by atoms with Gasteiger partial charge in [0.15, 0.2) is 9.84 Å². The first-order valence-electron chi connectivity index (χ1n) is 3.11.